The molecule has 2 aliphatic rings. The van der Waals surface area contributed by atoms with Gasteiger partial charge >= 0.3 is 0 Å². The van der Waals surface area contributed by atoms with Gasteiger partial charge < -0.3 is 11.1 Å². The summed E-state index contributed by atoms with van der Waals surface area (Å²) in [6, 6.07) is 4.37. The van der Waals surface area contributed by atoms with Gasteiger partial charge in [0.1, 0.15) is 0 Å². The van der Waals surface area contributed by atoms with Crippen molar-refractivity contribution in [1.82, 2.24) is 5.32 Å². The van der Waals surface area contributed by atoms with Gasteiger partial charge in [0.2, 0.25) is 5.91 Å². The molecule has 1 heterocycles. The number of nitrogens with one attached hydrogen (secondary N) is 1. The molecule has 5 unspecified atom stereocenters. The van der Waals surface area contributed by atoms with E-state index in [9.17, 15) is 4.79 Å². The number of amides is 1. The van der Waals surface area contributed by atoms with Crippen LogP contribution in [0.4, 0.5) is 0 Å². The van der Waals surface area contributed by atoms with Crippen LogP contribution in [-0.2, 0) is 4.79 Å². The van der Waals surface area contributed by atoms with Crippen molar-refractivity contribution in [2.24, 2.45) is 23.5 Å². The van der Waals surface area contributed by atoms with Crippen LogP contribution < -0.4 is 11.1 Å². The molecule has 2 fully saturated rings. The minimum atomic E-state index is 0.0489. The van der Waals surface area contributed by atoms with Gasteiger partial charge in [-0.15, -0.1) is 11.3 Å². The van der Waals surface area contributed by atoms with E-state index in [1.54, 1.807) is 11.3 Å². The average Bonchev–Trinajstić information content (AvgIpc) is 3.11. The van der Waals surface area contributed by atoms with E-state index in [0.29, 0.717) is 11.8 Å². The molecule has 0 aliphatic heterocycles. The maximum absolute atomic E-state index is 12.5. The van der Waals surface area contributed by atoms with E-state index >= 15 is 0 Å². The summed E-state index contributed by atoms with van der Waals surface area (Å²) in [5.74, 6) is 1.34. The topological polar surface area (TPSA) is 55.1 Å². The molecule has 1 aromatic rings. The zero-order valence-corrected chi connectivity index (χ0v) is 12.2. The van der Waals surface area contributed by atoms with Gasteiger partial charge in [0, 0.05) is 10.9 Å². The lowest BCUT2D eigenvalue weighted by atomic mass is 9.84. The lowest BCUT2D eigenvalue weighted by Crippen LogP contribution is -2.46. The first-order valence-corrected chi connectivity index (χ1v) is 8.18. The van der Waals surface area contributed by atoms with Crippen LogP contribution in [0, 0.1) is 17.8 Å². The molecule has 2 saturated carbocycles. The summed E-state index contributed by atoms with van der Waals surface area (Å²) < 4.78 is 0. The number of carbonyl (C=O) groups is 1. The molecule has 0 radical (unpaired) electrons. The predicted octanol–water partition coefficient (Wildman–Crippen LogP) is 2.69. The molecule has 0 spiro atoms. The van der Waals surface area contributed by atoms with Gasteiger partial charge in [-0.25, -0.2) is 0 Å². The summed E-state index contributed by atoms with van der Waals surface area (Å²) in [6.07, 6.45) is 4.50. The van der Waals surface area contributed by atoms with Crippen molar-refractivity contribution in [3.8, 4) is 0 Å². The largest absolute Gasteiger partial charge is 0.348 e. The molecular formula is C15H22N2OS. The van der Waals surface area contributed by atoms with Crippen LogP contribution in [0.3, 0.4) is 0 Å². The summed E-state index contributed by atoms with van der Waals surface area (Å²) in [6.45, 7) is 2.12. The quantitative estimate of drug-likeness (QED) is 0.889. The normalized spacial score (nSPS) is 34.4. The molecule has 0 saturated heterocycles. The molecule has 19 heavy (non-hydrogen) atoms. The Morgan fingerprint density at radius 1 is 1.53 bits per heavy atom. The van der Waals surface area contributed by atoms with Gasteiger partial charge in [-0.2, -0.15) is 0 Å². The maximum atomic E-state index is 12.5. The van der Waals surface area contributed by atoms with Crippen LogP contribution in [0.25, 0.3) is 0 Å². The van der Waals surface area contributed by atoms with E-state index in [2.05, 4.69) is 23.7 Å². The van der Waals surface area contributed by atoms with Crippen molar-refractivity contribution < 1.29 is 4.79 Å². The van der Waals surface area contributed by atoms with Crippen molar-refractivity contribution in [2.75, 3.05) is 0 Å². The van der Waals surface area contributed by atoms with Crippen LogP contribution >= 0.6 is 11.3 Å². The molecule has 1 aromatic heterocycles. The first kappa shape index (κ1) is 13.1. The molecule has 3 rings (SSSR count). The van der Waals surface area contributed by atoms with Crippen molar-refractivity contribution >= 4 is 17.2 Å². The Morgan fingerprint density at radius 3 is 2.89 bits per heavy atom. The van der Waals surface area contributed by atoms with Crippen molar-refractivity contribution in [1.29, 1.82) is 0 Å². The van der Waals surface area contributed by atoms with Crippen LogP contribution in [0.1, 0.15) is 43.5 Å². The number of carbonyl (C=O) groups excluding carboxylic acids is 1. The third-order valence-electron chi connectivity index (χ3n) is 4.89. The van der Waals surface area contributed by atoms with E-state index in [0.717, 1.165) is 12.8 Å². The number of nitrogens with two attached hydrogens (primary N) is 1. The SMILES string of the molecule is CCC(NC(=O)C1C2CCC(C2)C1N)c1cccs1. The standard InChI is InChI=1S/C15H22N2OS/c1-2-11(12-4-3-7-19-12)17-15(18)13-9-5-6-10(8-9)14(13)16/h3-4,7,9-11,13-14H,2,5-6,8,16H2,1H3,(H,17,18). The molecule has 4 heteroatoms. The Hall–Kier alpha value is -0.870. The van der Waals surface area contributed by atoms with Gasteiger partial charge in [0.15, 0.2) is 0 Å². The highest BCUT2D eigenvalue weighted by Crippen LogP contribution is 2.47. The van der Waals surface area contributed by atoms with Crippen molar-refractivity contribution in [3.63, 3.8) is 0 Å². The molecule has 104 valence electrons. The fourth-order valence-corrected chi connectivity index (χ4v) is 4.72. The summed E-state index contributed by atoms with van der Waals surface area (Å²) >= 11 is 1.71. The third-order valence-corrected chi connectivity index (χ3v) is 5.88. The Labute approximate surface area is 118 Å². The predicted molar refractivity (Wildman–Crippen MR) is 77.8 cm³/mol. The zero-order valence-electron chi connectivity index (χ0n) is 11.3. The monoisotopic (exact) mass is 278 g/mol. The molecule has 3 nitrogen and oxygen atoms in total. The van der Waals surface area contributed by atoms with E-state index in [-0.39, 0.29) is 23.9 Å². The second-order valence-electron chi connectivity index (χ2n) is 5.92. The van der Waals surface area contributed by atoms with Crippen molar-refractivity contribution in [2.45, 2.75) is 44.7 Å². The minimum absolute atomic E-state index is 0.0489. The number of rotatable bonds is 4. The fraction of sp³-hybridized carbons (Fsp3) is 0.667. The van der Waals surface area contributed by atoms with Gasteiger partial charge in [0.25, 0.3) is 0 Å². The lowest BCUT2D eigenvalue weighted by molar-refractivity contribution is -0.127. The molecule has 2 aliphatic carbocycles. The number of thiophene rings is 1. The molecule has 2 bridgehead atoms. The molecule has 1 amide bonds. The molecule has 0 aromatic carbocycles. The highest BCUT2D eigenvalue weighted by Gasteiger charge is 2.49. The second kappa shape index (κ2) is 5.25. The lowest BCUT2D eigenvalue weighted by Gasteiger charge is -2.28. The average molecular weight is 278 g/mol. The first-order chi connectivity index (χ1) is 9.20. The fourth-order valence-electron chi connectivity index (χ4n) is 3.86. The second-order valence-corrected chi connectivity index (χ2v) is 6.90. The van der Waals surface area contributed by atoms with Gasteiger partial charge in [-0.3, -0.25) is 4.79 Å². The van der Waals surface area contributed by atoms with Crippen LogP contribution in [-0.4, -0.2) is 11.9 Å². The Bertz CT molecular complexity index is 443. The maximum Gasteiger partial charge on any atom is 0.225 e. The van der Waals surface area contributed by atoms with E-state index in [4.69, 9.17) is 5.73 Å². The summed E-state index contributed by atoms with van der Waals surface area (Å²) in [4.78, 5) is 13.8. The van der Waals surface area contributed by atoms with Crippen LogP contribution in [0.15, 0.2) is 17.5 Å². The van der Waals surface area contributed by atoms with Gasteiger partial charge in [0.05, 0.1) is 12.0 Å². The zero-order chi connectivity index (χ0) is 13.4. The van der Waals surface area contributed by atoms with Crippen LogP contribution in [0.2, 0.25) is 0 Å². The highest BCUT2D eigenvalue weighted by atomic mass is 32.1. The molecular weight excluding hydrogens is 256 g/mol. The summed E-state index contributed by atoms with van der Waals surface area (Å²) in [5, 5.41) is 5.28. The third kappa shape index (κ3) is 2.32. The first-order valence-electron chi connectivity index (χ1n) is 7.30. The Kier molecular flexibility index (Phi) is 3.63. The number of fused-ring (bicyclic) bond motifs is 2. The Morgan fingerprint density at radius 2 is 2.32 bits per heavy atom. The smallest absolute Gasteiger partial charge is 0.225 e. The van der Waals surface area contributed by atoms with Gasteiger partial charge in [-0.1, -0.05) is 13.0 Å². The van der Waals surface area contributed by atoms with E-state index in [1.807, 2.05) is 6.07 Å². The highest BCUT2D eigenvalue weighted by molar-refractivity contribution is 7.10. The number of hydrogen-bond acceptors (Lipinski definition) is 3. The van der Waals surface area contributed by atoms with E-state index < -0.39 is 0 Å². The Balaban J connectivity index is 1.68. The van der Waals surface area contributed by atoms with Crippen molar-refractivity contribution in [3.05, 3.63) is 22.4 Å². The molecule has 5 atom stereocenters. The number of hydrogen-bond donors (Lipinski definition) is 2. The minimum Gasteiger partial charge on any atom is -0.348 e. The van der Waals surface area contributed by atoms with Gasteiger partial charge in [-0.05, 0) is 49.0 Å². The molecule has 3 N–H and O–H groups in total. The van der Waals surface area contributed by atoms with Crippen LogP contribution in [0.5, 0.6) is 0 Å². The summed E-state index contributed by atoms with van der Waals surface area (Å²) in [7, 11) is 0. The summed E-state index contributed by atoms with van der Waals surface area (Å²) in [5.41, 5.74) is 6.24. The van der Waals surface area contributed by atoms with E-state index in [1.165, 1.54) is 17.7 Å².